The molecule has 2 rings (SSSR count). The van der Waals surface area contributed by atoms with E-state index in [0.29, 0.717) is 12.1 Å². The molecular formula is C17H20N2O4. The van der Waals surface area contributed by atoms with Crippen LogP contribution < -0.4 is 5.32 Å². The van der Waals surface area contributed by atoms with Gasteiger partial charge in [-0.05, 0) is 37.9 Å². The lowest BCUT2D eigenvalue weighted by molar-refractivity contribution is -0.120. The number of carboxylic acids is 1. The van der Waals surface area contributed by atoms with Gasteiger partial charge in [0.25, 0.3) is 0 Å². The van der Waals surface area contributed by atoms with Crippen molar-refractivity contribution >= 4 is 11.9 Å². The molecule has 2 aromatic rings. The number of hydrogen-bond acceptors (Lipinski definition) is 4. The van der Waals surface area contributed by atoms with E-state index in [9.17, 15) is 9.59 Å². The minimum absolute atomic E-state index is 0.0285. The second kappa shape index (κ2) is 7.60. The fraction of sp³-hybridized carbons (Fsp3) is 0.294. The van der Waals surface area contributed by atoms with E-state index in [2.05, 4.69) is 5.32 Å². The summed E-state index contributed by atoms with van der Waals surface area (Å²) in [6.07, 6.45) is 1.62. The van der Waals surface area contributed by atoms with Gasteiger partial charge in [-0.25, -0.2) is 4.79 Å². The van der Waals surface area contributed by atoms with Crippen molar-refractivity contribution in [3.05, 3.63) is 59.5 Å². The fourth-order valence-corrected chi connectivity index (χ4v) is 2.35. The maximum absolute atomic E-state index is 12.1. The summed E-state index contributed by atoms with van der Waals surface area (Å²) >= 11 is 0. The maximum atomic E-state index is 12.1. The summed E-state index contributed by atoms with van der Waals surface area (Å²) in [5, 5.41) is 12.0. The van der Waals surface area contributed by atoms with Gasteiger partial charge < -0.3 is 14.8 Å². The summed E-state index contributed by atoms with van der Waals surface area (Å²) < 4.78 is 5.39. The molecule has 1 aromatic heterocycles. The Hall–Kier alpha value is -2.60. The minimum atomic E-state index is -1.03. The van der Waals surface area contributed by atoms with E-state index in [1.54, 1.807) is 30.5 Å². The Labute approximate surface area is 134 Å². The van der Waals surface area contributed by atoms with Gasteiger partial charge in [-0.3, -0.25) is 9.69 Å². The van der Waals surface area contributed by atoms with Crippen molar-refractivity contribution in [2.75, 3.05) is 20.6 Å². The minimum Gasteiger partial charge on any atom is -0.478 e. The second-order valence-corrected chi connectivity index (χ2v) is 5.44. The van der Waals surface area contributed by atoms with E-state index >= 15 is 0 Å². The van der Waals surface area contributed by atoms with Gasteiger partial charge in [-0.2, -0.15) is 0 Å². The zero-order valence-electron chi connectivity index (χ0n) is 13.2. The molecule has 1 aromatic carbocycles. The zero-order valence-corrected chi connectivity index (χ0v) is 13.2. The molecule has 6 heteroatoms. The number of nitrogens with one attached hydrogen (secondary N) is 1. The Morgan fingerprint density at radius 3 is 2.57 bits per heavy atom. The molecule has 6 nitrogen and oxygen atoms in total. The SMILES string of the molecule is CN(C)[C@H](CNC(=O)Cc1ccccc1C(=O)O)c1ccco1. The van der Waals surface area contributed by atoms with E-state index in [4.69, 9.17) is 9.52 Å². The van der Waals surface area contributed by atoms with Crippen LogP contribution in [0, 0.1) is 0 Å². The van der Waals surface area contributed by atoms with Crippen molar-refractivity contribution in [2.24, 2.45) is 0 Å². The Bertz CT molecular complexity index is 665. The molecule has 0 saturated heterocycles. The second-order valence-electron chi connectivity index (χ2n) is 5.44. The highest BCUT2D eigenvalue weighted by Gasteiger charge is 2.18. The molecular weight excluding hydrogens is 296 g/mol. The number of likely N-dealkylation sites (N-methyl/N-ethyl adjacent to an activating group) is 1. The standard InChI is InChI=1S/C17H20N2O4/c1-19(2)14(15-8-5-9-23-15)11-18-16(20)10-12-6-3-4-7-13(12)17(21)22/h3-9,14H,10-11H2,1-2H3,(H,18,20)(H,21,22)/t14-/m1/s1. The summed E-state index contributed by atoms with van der Waals surface area (Å²) in [6, 6.07) is 10.1. The molecule has 0 unspecified atom stereocenters. The number of benzene rings is 1. The summed E-state index contributed by atoms with van der Waals surface area (Å²) in [4.78, 5) is 25.2. The Kier molecular flexibility index (Phi) is 5.54. The molecule has 1 atom stereocenters. The van der Waals surface area contributed by atoms with Crippen LogP contribution in [0.4, 0.5) is 0 Å². The number of nitrogens with zero attached hydrogens (tertiary/aromatic N) is 1. The van der Waals surface area contributed by atoms with E-state index in [1.807, 2.05) is 25.1 Å². The van der Waals surface area contributed by atoms with Gasteiger partial charge in [0.1, 0.15) is 5.76 Å². The topological polar surface area (TPSA) is 82.8 Å². The fourth-order valence-electron chi connectivity index (χ4n) is 2.35. The summed E-state index contributed by atoms with van der Waals surface area (Å²) in [5.41, 5.74) is 0.648. The van der Waals surface area contributed by atoms with Crippen molar-refractivity contribution in [2.45, 2.75) is 12.5 Å². The quantitative estimate of drug-likeness (QED) is 0.815. The predicted octanol–water partition coefficient (Wildman–Crippen LogP) is 1.94. The number of hydrogen-bond donors (Lipinski definition) is 2. The monoisotopic (exact) mass is 316 g/mol. The molecule has 1 heterocycles. The lowest BCUT2D eigenvalue weighted by Crippen LogP contribution is -2.35. The van der Waals surface area contributed by atoms with Crippen LogP contribution >= 0.6 is 0 Å². The van der Waals surface area contributed by atoms with E-state index in [-0.39, 0.29) is 23.9 Å². The van der Waals surface area contributed by atoms with Crippen LogP contribution in [0.3, 0.4) is 0 Å². The highest BCUT2D eigenvalue weighted by molar-refractivity contribution is 5.91. The molecule has 0 fully saturated rings. The first-order chi connectivity index (χ1) is 11.0. The number of carbonyl (C=O) groups excluding carboxylic acids is 1. The van der Waals surface area contributed by atoms with Crippen LogP contribution in [0.25, 0.3) is 0 Å². The van der Waals surface area contributed by atoms with Gasteiger partial charge >= 0.3 is 5.97 Å². The van der Waals surface area contributed by atoms with Gasteiger partial charge in [-0.15, -0.1) is 0 Å². The molecule has 1 amide bonds. The van der Waals surface area contributed by atoms with E-state index < -0.39 is 5.97 Å². The number of amides is 1. The third-order valence-electron chi connectivity index (χ3n) is 3.59. The first kappa shape index (κ1) is 16.8. The highest BCUT2D eigenvalue weighted by Crippen LogP contribution is 2.17. The third-order valence-corrected chi connectivity index (χ3v) is 3.59. The van der Waals surface area contributed by atoms with Crippen LogP contribution in [0.1, 0.15) is 27.7 Å². The molecule has 0 aliphatic carbocycles. The summed E-state index contributed by atoms with van der Waals surface area (Å²) in [7, 11) is 3.80. The number of rotatable bonds is 7. The first-order valence-corrected chi connectivity index (χ1v) is 7.26. The zero-order chi connectivity index (χ0) is 16.8. The average Bonchev–Trinajstić information content (AvgIpc) is 3.01. The first-order valence-electron chi connectivity index (χ1n) is 7.26. The molecule has 122 valence electrons. The molecule has 0 aliphatic rings. The largest absolute Gasteiger partial charge is 0.478 e. The Balaban J connectivity index is 1.99. The van der Waals surface area contributed by atoms with Crippen molar-refractivity contribution < 1.29 is 19.1 Å². The third kappa shape index (κ3) is 4.43. The van der Waals surface area contributed by atoms with Crippen LogP contribution in [-0.2, 0) is 11.2 Å². The van der Waals surface area contributed by atoms with Crippen LogP contribution in [0.2, 0.25) is 0 Å². The number of aromatic carboxylic acids is 1. The lowest BCUT2D eigenvalue weighted by atomic mass is 10.0. The van der Waals surface area contributed by atoms with Crippen LogP contribution in [0.5, 0.6) is 0 Å². The van der Waals surface area contributed by atoms with Crippen molar-refractivity contribution in [3.63, 3.8) is 0 Å². The predicted molar refractivity (Wildman–Crippen MR) is 85.3 cm³/mol. The smallest absolute Gasteiger partial charge is 0.335 e. The number of carboxylic acid groups (broad SMARTS) is 1. The number of carbonyl (C=O) groups is 2. The van der Waals surface area contributed by atoms with Gasteiger partial charge in [0.2, 0.25) is 5.91 Å². The van der Waals surface area contributed by atoms with Gasteiger partial charge in [-0.1, -0.05) is 18.2 Å². The average molecular weight is 316 g/mol. The van der Waals surface area contributed by atoms with E-state index in [1.165, 1.54) is 6.07 Å². The molecule has 0 saturated carbocycles. The van der Waals surface area contributed by atoms with Crippen molar-refractivity contribution in [1.82, 2.24) is 10.2 Å². The van der Waals surface area contributed by atoms with E-state index in [0.717, 1.165) is 5.76 Å². The molecule has 2 N–H and O–H groups in total. The molecule has 0 spiro atoms. The van der Waals surface area contributed by atoms with Gasteiger partial charge in [0.15, 0.2) is 0 Å². The molecule has 0 aliphatic heterocycles. The number of furan rings is 1. The molecule has 0 radical (unpaired) electrons. The maximum Gasteiger partial charge on any atom is 0.335 e. The van der Waals surface area contributed by atoms with Gasteiger partial charge in [0.05, 0.1) is 24.3 Å². The normalized spacial score (nSPS) is 12.1. The van der Waals surface area contributed by atoms with Crippen molar-refractivity contribution in [1.29, 1.82) is 0 Å². The lowest BCUT2D eigenvalue weighted by Gasteiger charge is -2.22. The Morgan fingerprint density at radius 1 is 1.22 bits per heavy atom. The molecule has 0 bridgehead atoms. The molecule has 23 heavy (non-hydrogen) atoms. The summed E-state index contributed by atoms with van der Waals surface area (Å²) in [5.74, 6) is -0.492. The van der Waals surface area contributed by atoms with Crippen LogP contribution in [0.15, 0.2) is 47.1 Å². The van der Waals surface area contributed by atoms with Crippen LogP contribution in [-0.4, -0.2) is 42.5 Å². The highest BCUT2D eigenvalue weighted by atomic mass is 16.4. The van der Waals surface area contributed by atoms with Crippen molar-refractivity contribution in [3.8, 4) is 0 Å². The van der Waals surface area contributed by atoms with Gasteiger partial charge in [0, 0.05) is 6.54 Å². The Morgan fingerprint density at radius 2 is 1.96 bits per heavy atom. The summed E-state index contributed by atoms with van der Waals surface area (Å²) in [6.45, 7) is 0.384.